The summed E-state index contributed by atoms with van der Waals surface area (Å²) < 4.78 is 11.6. The first-order chi connectivity index (χ1) is 12.4. The second-order valence-corrected chi connectivity index (χ2v) is 6.79. The molecule has 0 radical (unpaired) electrons. The number of anilines is 1. The molecule has 2 heterocycles. The van der Waals surface area contributed by atoms with E-state index in [0.29, 0.717) is 30.4 Å². The fourth-order valence-corrected chi connectivity index (χ4v) is 2.68. The fraction of sp³-hybridized carbons (Fsp3) is 0.421. The SMILES string of the molecule is CCC(C)(N)C(=O)Nc1cnc(Oc2cccc3c2C(C)CCO3)nc1. The number of nitrogens with two attached hydrogens (primary N) is 1. The molecule has 3 rings (SSSR count). The number of fused-ring (bicyclic) bond motifs is 1. The van der Waals surface area contributed by atoms with Crippen LogP contribution in [0.2, 0.25) is 0 Å². The Kier molecular flexibility index (Phi) is 5.08. The van der Waals surface area contributed by atoms with Gasteiger partial charge in [0.1, 0.15) is 11.5 Å². The summed E-state index contributed by atoms with van der Waals surface area (Å²) in [6, 6.07) is 5.91. The Morgan fingerprint density at radius 2 is 2.15 bits per heavy atom. The topological polar surface area (TPSA) is 99.4 Å². The molecule has 0 spiro atoms. The lowest BCUT2D eigenvalue weighted by atomic mass is 9.94. The maximum atomic E-state index is 12.1. The van der Waals surface area contributed by atoms with Crippen molar-refractivity contribution in [1.29, 1.82) is 0 Å². The van der Waals surface area contributed by atoms with Crippen molar-refractivity contribution in [3.63, 3.8) is 0 Å². The van der Waals surface area contributed by atoms with E-state index in [2.05, 4.69) is 22.2 Å². The second-order valence-electron chi connectivity index (χ2n) is 6.79. The average molecular weight is 356 g/mol. The van der Waals surface area contributed by atoms with Gasteiger partial charge in [0.25, 0.3) is 0 Å². The number of ether oxygens (including phenoxy) is 2. The van der Waals surface area contributed by atoms with Crippen LogP contribution >= 0.6 is 0 Å². The van der Waals surface area contributed by atoms with E-state index in [4.69, 9.17) is 15.2 Å². The van der Waals surface area contributed by atoms with Crippen LogP contribution in [0.5, 0.6) is 17.5 Å². The third-order valence-corrected chi connectivity index (χ3v) is 4.67. The van der Waals surface area contributed by atoms with Crippen LogP contribution in [-0.2, 0) is 4.79 Å². The van der Waals surface area contributed by atoms with Crippen molar-refractivity contribution in [1.82, 2.24) is 9.97 Å². The van der Waals surface area contributed by atoms with E-state index in [0.717, 1.165) is 17.7 Å². The van der Waals surface area contributed by atoms with Gasteiger partial charge in [-0.1, -0.05) is 19.9 Å². The molecule has 138 valence electrons. The van der Waals surface area contributed by atoms with Gasteiger partial charge < -0.3 is 20.5 Å². The van der Waals surface area contributed by atoms with Gasteiger partial charge in [-0.3, -0.25) is 4.79 Å². The van der Waals surface area contributed by atoms with Crippen LogP contribution in [0.4, 0.5) is 5.69 Å². The van der Waals surface area contributed by atoms with E-state index in [1.807, 2.05) is 25.1 Å². The van der Waals surface area contributed by atoms with Gasteiger partial charge in [0.15, 0.2) is 0 Å². The molecular weight excluding hydrogens is 332 g/mol. The molecule has 3 N–H and O–H groups in total. The predicted octanol–water partition coefficient (Wildman–Crippen LogP) is 3.22. The Morgan fingerprint density at radius 3 is 2.85 bits per heavy atom. The minimum absolute atomic E-state index is 0.208. The summed E-state index contributed by atoms with van der Waals surface area (Å²) in [4.78, 5) is 20.5. The molecule has 7 nitrogen and oxygen atoms in total. The van der Waals surface area contributed by atoms with Crippen molar-refractivity contribution in [3.05, 3.63) is 36.2 Å². The van der Waals surface area contributed by atoms with Gasteiger partial charge >= 0.3 is 6.01 Å². The van der Waals surface area contributed by atoms with Gasteiger partial charge in [-0.2, -0.15) is 0 Å². The van der Waals surface area contributed by atoms with E-state index in [9.17, 15) is 4.79 Å². The van der Waals surface area contributed by atoms with Crippen molar-refractivity contribution in [2.24, 2.45) is 5.73 Å². The minimum Gasteiger partial charge on any atom is -0.493 e. The van der Waals surface area contributed by atoms with Crippen LogP contribution in [0.15, 0.2) is 30.6 Å². The van der Waals surface area contributed by atoms with E-state index >= 15 is 0 Å². The van der Waals surface area contributed by atoms with E-state index in [1.165, 1.54) is 12.4 Å². The predicted molar refractivity (Wildman–Crippen MR) is 98.6 cm³/mol. The molecule has 1 aliphatic rings. The highest BCUT2D eigenvalue weighted by molar-refractivity contribution is 5.97. The Morgan fingerprint density at radius 1 is 1.42 bits per heavy atom. The lowest BCUT2D eigenvalue weighted by molar-refractivity contribution is -0.120. The third-order valence-electron chi connectivity index (χ3n) is 4.67. The molecule has 0 saturated carbocycles. The number of carbonyl (C=O) groups is 1. The Bertz CT molecular complexity index is 790. The highest BCUT2D eigenvalue weighted by Crippen LogP contribution is 2.40. The number of rotatable bonds is 5. The summed E-state index contributed by atoms with van der Waals surface area (Å²) in [5, 5.41) is 2.72. The highest BCUT2D eigenvalue weighted by Gasteiger charge is 2.26. The maximum Gasteiger partial charge on any atom is 0.322 e. The zero-order valence-electron chi connectivity index (χ0n) is 15.3. The van der Waals surface area contributed by atoms with Gasteiger partial charge in [0, 0.05) is 5.56 Å². The van der Waals surface area contributed by atoms with Gasteiger partial charge in [0.2, 0.25) is 5.91 Å². The number of nitrogens with zero attached hydrogens (tertiary/aromatic N) is 2. The van der Waals surface area contributed by atoms with Crippen LogP contribution < -0.4 is 20.5 Å². The summed E-state index contributed by atoms with van der Waals surface area (Å²) in [5.41, 5.74) is 6.49. The quantitative estimate of drug-likeness (QED) is 0.853. The van der Waals surface area contributed by atoms with Gasteiger partial charge in [-0.05, 0) is 37.8 Å². The number of benzene rings is 1. The zero-order valence-corrected chi connectivity index (χ0v) is 15.3. The molecule has 1 aromatic heterocycles. The molecule has 0 aliphatic carbocycles. The first-order valence-corrected chi connectivity index (χ1v) is 8.76. The summed E-state index contributed by atoms with van der Waals surface area (Å²) >= 11 is 0. The van der Waals surface area contributed by atoms with Crippen molar-refractivity contribution in [3.8, 4) is 17.5 Å². The fourth-order valence-electron chi connectivity index (χ4n) is 2.68. The Balaban J connectivity index is 1.74. The first-order valence-electron chi connectivity index (χ1n) is 8.76. The van der Waals surface area contributed by atoms with Crippen LogP contribution in [0.1, 0.15) is 45.1 Å². The molecule has 26 heavy (non-hydrogen) atoms. The molecule has 0 bridgehead atoms. The van der Waals surface area contributed by atoms with E-state index in [1.54, 1.807) is 6.92 Å². The molecule has 2 aromatic rings. The molecule has 7 heteroatoms. The molecule has 2 atom stereocenters. The van der Waals surface area contributed by atoms with Crippen LogP contribution in [0.3, 0.4) is 0 Å². The van der Waals surface area contributed by atoms with Crippen LogP contribution in [0, 0.1) is 0 Å². The molecule has 1 aliphatic heterocycles. The van der Waals surface area contributed by atoms with Crippen molar-refractivity contribution in [2.45, 2.75) is 45.1 Å². The van der Waals surface area contributed by atoms with E-state index in [-0.39, 0.29) is 11.9 Å². The number of hydrogen-bond donors (Lipinski definition) is 2. The molecule has 1 amide bonds. The van der Waals surface area contributed by atoms with Gasteiger partial charge in [-0.15, -0.1) is 0 Å². The second kappa shape index (κ2) is 7.29. The minimum atomic E-state index is -0.936. The van der Waals surface area contributed by atoms with E-state index < -0.39 is 5.54 Å². The average Bonchev–Trinajstić information content (AvgIpc) is 2.63. The van der Waals surface area contributed by atoms with Gasteiger partial charge in [-0.25, -0.2) is 9.97 Å². The Hall–Kier alpha value is -2.67. The van der Waals surface area contributed by atoms with Crippen molar-refractivity contribution in [2.75, 3.05) is 11.9 Å². The summed E-state index contributed by atoms with van der Waals surface area (Å²) in [6.45, 7) is 6.40. The molecular formula is C19H24N4O3. The number of hydrogen-bond acceptors (Lipinski definition) is 6. The maximum absolute atomic E-state index is 12.1. The zero-order chi connectivity index (χ0) is 18.7. The highest BCUT2D eigenvalue weighted by atomic mass is 16.5. The third kappa shape index (κ3) is 3.77. The number of aromatic nitrogens is 2. The standard InChI is InChI=1S/C19H24N4O3/c1-4-19(3,20)17(24)23-13-10-21-18(22-11-13)26-15-7-5-6-14-16(15)12(2)8-9-25-14/h5-7,10-12H,4,8-9,20H2,1-3H3,(H,23,24). The number of nitrogens with one attached hydrogen (secondary N) is 1. The van der Waals surface area contributed by atoms with Crippen molar-refractivity contribution >= 4 is 11.6 Å². The first kappa shape index (κ1) is 18.1. The van der Waals surface area contributed by atoms with Crippen molar-refractivity contribution < 1.29 is 14.3 Å². The van der Waals surface area contributed by atoms with Crippen LogP contribution in [-0.4, -0.2) is 28.0 Å². The number of carbonyl (C=O) groups excluding carboxylic acids is 1. The molecule has 2 unspecified atom stereocenters. The summed E-state index contributed by atoms with van der Waals surface area (Å²) in [6.07, 6.45) is 4.47. The largest absolute Gasteiger partial charge is 0.493 e. The number of amides is 1. The van der Waals surface area contributed by atoms with Gasteiger partial charge in [0.05, 0.1) is 30.2 Å². The monoisotopic (exact) mass is 356 g/mol. The lowest BCUT2D eigenvalue weighted by Crippen LogP contribution is -2.47. The smallest absolute Gasteiger partial charge is 0.322 e. The molecule has 0 fully saturated rings. The molecule has 1 aromatic carbocycles. The summed E-state index contributed by atoms with van der Waals surface area (Å²) in [5.74, 6) is 1.59. The normalized spacial score (nSPS) is 18.2. The Labute approximate surface area is 152 Å². The lowest BCUT2D eigenvalue weighted by Gasteiger charge is -2.24. The molecule has 0 saturated heterocycles. The summed E-state index contributed by atoms with van der Waals surface area (Å²) in [7, 11) is 0. The van der Waals surface area contributed by atoms with Crippen LogP contribution in [0.25, 0.3) is 0 Å².